The summed E-state index contributed by atoms with van der Waals surface area (Å²) >= 11 is 0. The van der Waals surface area contributed by atoms with E-state index < -0.39 is 12.6 Å². The van der Waals surface area contributed by atoms with Crippen molar-refractivity contribution in [2.24, 2.45) is 0 Å². The highest BCUT2D eigenvalue weighted by atomic mass is 19.4. The van der Waals surface area contributed by atoms with Crippen LogP contribution in [0.3, 0.4) is 0 Å². The number of nitrogens with zero attached hydrogens (tertiary/aromatic N) is 3. The van der Waals surface area contributed by atoms with Crippen molar-refractivity contribution < 1.29 is 13.2 Å². The molecule has 96 valence electrons. The first-order valence-electron chi connectivity index (χ1n) is 5.13. The molecular formula is C10H15F3N4. The van der Waals surface area contributed by atoms with E-state index in [2.05, 4.69) is 15.3 Å². The van der Waals surface area contributed by atoms with Crippen LogP contribution in [-0.2, 0) is 0 Å². The molecule has 0 aliphatic heterocycles. The van der Waals surface area contributed by atoms with Crippen molar-refractivity contribution >= 4 is 11.8 Å². The number of hydrogen-bond acceptors (Lipinski definition) is 4. The van der Waals surface area contributed by atoms with Crippen LogP contribution in [-0.4, -0.2) is 36.8 Å². The first-order valence-corrected chi connectivity index (χ1v) is 5.13. The van der Waals surface area contributed by atoms with Crippen LogP contribution in [0.4, 0.5) is 24.9 Å². The number of alkyl halides is 3. The van der Waals surface area contributed by atoms with Crippen LogP contribution in [0.25, 0.3) is 0 Å². The summed E-state index contributed by atoms with van der Waals surface area (Å²) in [4.78, 5) is 9.58. The van der Waals surface area contributed by atoms with Gasteiger partial charge in [-0.3, -0.25) is 0 Å². The maximum Gasteiger partial charge on any atom is 0.390 e. The standard InChI is InChI=1S/C10H15F3N4/c1-7-6-15-9(14-2)16-8(7)17(3)5-4-10(11,12)13/h6H,4-5H2,1-3H3,(H,14,15,16). The maximum absolute atomic E-state index is 12.1. The molecule has 7 heteroatoms. The Labute approximate surface area is 97.9 Å². The van der Waals surface area contributed by atoms with Crippen molar-refractivity contribution in [3.05, 3.63) is 11.8 Å². The zero-order chi connectivity index (χ0) is 13.1. The molecule has 0 spiro atoms. The van der Waals surface area contributed by atoms with Crippen molar-refractivity contribution in [1.29, 1.82) is 0 Å². The average Bonchev–Trinajstić information content (AvgIpc) is 2.25. The monoisotopic (exact) mass is 248 g/mol. The summed E-state index contributed by atoms with van der Waals surface area (Å²) in [7, 11) is 3.24. The minimum absolute atomic E-state index is 0.121. The second-order valence-corrected chi connectivity index (χ2v) is 3.74. The largest absolute Gasteiger partial charge is 0.390 e. The minimum Gasteiger partial charge on any atom is -0.359 e. The number of aromatic nitrogens is 2. The lowest BCUT2D eigenvalue weighted by molar-refractivity contribution is -0.132. The predicted octanol–water partition coefficient (Wildman–Crippen LogP) is 2.22. The number of halogens is 3. The molecule has 0 aliphatic rings. The van der Waals surface area contributed by atoms with E-state index in [1.54, 1.807) is 27.2 Å². The van der Waals surface area contributed by atoms with Crippen LogP contribution >= 0.6 is 0 Å². The van der Waals surface area contributed by atoms with Gasteiger partial charge in [0.15, 0.2) is 0 Å². The van der Waals surface area contributed by atoms with Crippen LogP contribution < -0.4 is 10.2 Å². The fourth-order valence-electron chi connectivity index (χ4n) is 1.34. The predicted molar refractivity (Wildman–Crippen MR) is 60.3 cm³/mol. The summed E-state index contributed by atoms with van der Waals surface area (Å²) in [5, 5.41) is 2.75. The van der Waals surface area contributed by atoms with E-state index in [0.717, 1.165) is 5.56 Å². The van der Waals surface area contributed by atoms with Gasteiger partial charge in [-0.1, -0.05) is 0 Å². The number of hydrogen-bond donors (Lipinski definition) is 1. The summed E-state index contributed by atoms with van der Waals surface area (Å²) in [6.07, 6.45) is -3.43. The Bertz CT molecular complexity index is 378. The molecule has 0 unspecified atom stereocenters. The first kappa shape index (κ1) is 13.5. The zero-order valence-electron chi connectivity index (χ0n) is 9.97. The summed E-state index contributed by atoms with van der Waals surface area (Å²) in [6.45, 7) is 1.64. The number of aryl methyl sites for hydroxylation is 1. The number of rotatable bonds is 4. The molecule has 0 radical (unpaired) electrons. The number of nitrogens with one attached hydrogen (secondary N) is 1. The molecule has 0 saturated heterocycles. The highest BCUT2D eigenvalue weighted by molar-refractivity contribution is 5.48. The molecule has 1 aromatic rings. The fourth-order valence-corrected chi connectivity index (χ4v) is 1.34. The Morgan fingerprint density at radius 1 is 1.41 bits per heavy atom. The molecule has 1 heterocycles. The second-order valence-electron chi connectivity index (χ2n) is 3.74. The molecule has 0 bridgehead atoms. The molecule has 0 aliphatic carbocycles. The van der Waals surface area contributed by atoms with Crippen LogP contribution in [0.2, 0.25) is 0 Å². The molecule has 4 nitrogen and oxygen atoms in total. The lowest BCUT2D eigenvalue weighted by Crippen LogP contribution is -2.25. The van der Waals surface area contributed by atoms with E-state index in [-0.39, 0.29) is 6.54 Å². The molecule has 0 fully saturated rings. The second kappa shape index (κ2) is 5.20. The topological polar surface area (TPSA) is 41.1 Å². The molecule has 0 atom stereocenters. The van der Waals surface area contributed by atoms with E-state index in [1.807, 2.05) is 0 Å². The first-order chi connectivity index (χ1) is 7.83. The minimum atomic E-state index is -4.15. The zero-order valence-corrected chi connectivity index (χ0v) is 9.97. The Balaban J connectivity index is 2.77. The Kier molecular flexibility index (Phi) is 4.14. The van der Waals surface area contributed by atoms with Crippen molar-refractivity contribution in [3.63, 3.8) is 0 Å². The smallest absolute Gasteiger partial charge is 0.359 e. The van der Waals surface area contributed by atoms with Gasteiger partial charge in [-0.25, -0.2) is 4.98 Å². The molecule has 1 N–H and O–H groups in total. The Morgan fingerprint density at radius 2 is 2.06 bits per heavy atom. The van der Waals surface area contributed by atoms with Gasteiger partial charge in [0, 0.05) is 32.4 Å². The average molecular weight is 248 g/mol. The fraction of sp³-hybridized carbons (Fsp3) is 0.600. The van der Waals surface area contributed by atoms with Gasteiger partial charge in [0.2, 0.25) is 5.95 Å². The SMILES string of the molecule is CNc1ncc(C)c(N(C)CCC(F)(F)F)n1. The van der Waals surface area contributed by atoms with Gasteiger partial charge in [0.05, 0.1) is 6.42 Å². The van der Waals surface area contributed by atoms with Crippen molar-refractivity contribution in [2.75, 3.05) is 30.9 Å². The van der Waals surface area contributed by atoms with E-state index in [0.29, 0.717) is 11.8 Å². The quantitative estimate of drug-likeness (QED) is 0.887. The lowest BCUT2D eigenvalue weighted by atomic mass is 10.3. The van der Waals surface area contributed by atoms with E-state index in [4.69, 9.17) is 0 Å². The van der Waals surface area contributed by atoms with Gasteiger partial charge in [-0.05, 0) is 6.92 Å². The van der Waals surface area contributed by atoms with Gasteiger partial charge in [-0.2, -0.15) is 18.2 Å². The van der Waals surface area contributed by atoms with Gasteiger partial charge in [-0.15, -0.1) is 0 Å². The van der Waals surface area contributed by atoms with Crippen LogP contribution in [0.15, 0.2) is 6.20 Å². The summed E-state index contributed by atoms with van der Waals surface area (Å²) in [6, 6.07) is 0. The van der Waals surface area contributed by atoms with Crippen LogP contribution in [0.5, 0.6) is 0 Å². The van der Waals surface area contributed by atoms with Crippen LogP contribution in [0.1, 0.15) is 12.0 Å². The van der Waals surface area contributed by atoms with Crippen molar-refractivity contribution in [2.45, 2.75) is 19.5 Å². The molecule has 1 rings (SSSR count). The third-order valence-electron chi connectivity index (χ3n) is 2.26. The summed E-state index contributed by atoms with van der Waals surface area (Å²) in [5.74, 6) is 0.901. The van der Waals surface area contributed by atoms with Gasteiger partial charge >= 0.3 is 6.18 Å². The third-order valence-corrected chi connectivity index (χ3v) is 2.26. The Hall–Kier alpha value is -1.53. The van der Waals surface area contributed by atoms with Gasteiger partial charge in [0.1, 0.15) is 5.82 Å². The van der Waals surface area contributed by atoms with E-state index >= 15 is 0 Å². The Morgan fingerprint density at radius 3 is 2.59 bits per heavy atom. The highest BCUT2D eigenvalue weighted by Crippen LogP contribution is 2.22. The molecule has 1 aromatic heterocycles. The summed E-state index contributed by atoms with van der Waals surface area (Å²) in [5.41, 5.74) is 0.744. The summed E-state index contributed by atoms with van der Waals surface area (Å²) < 4.78 is 36.3. The van der Waals surface area contributed by atoms with Crippen molar-refractivity contribution in [3.8, 4) is 0 Å². The normalized spacial score (nSPS) is 11.4. The van der Waals surface area contributed by atoms with Gasteiger partial charge in [0.25, 0.3) is 0 Å². The molecule has 17 heavy (non-hydrogen) atoms. The number of anilines is 2. The van der Waals surface area contributed by atoms with Gasteiger partial charge < -0.3 is 10.2 Å². The lowest BCUT2D eigenvalue weighted by Gasteiger charge is -2.21. The highest BCUT2D eigenvalue weighted by Gasteiger charge is 2.27. The maximum atomic E-state index is 12.1. The van der Waals surface area contributed by atoms with Crippen molar-refractivity contribution in [1.82, 2.24) is 9.97 Å². The van der Waals surface area contributed by atoms with Crippen LogP contribution in [0, 0.1) is 6.92 Å². The molecule has 0 saturated carbocycles. The molecule has 0 aromatic carbocycles. The third kappa shape index (κ3) is 4.08. The van der Waals surface area contributed by atoms with E-state index in [1.165, 1.54) is 4.90 Å². The molecular weight excluding hydrogens is 233 g/mol. The van der Waals surface area contributed by atoms with E-state index in [9.17, 15) is 13.2 Å². The molecule has 0 amide bonds.